The normalized spacial score (nSPS) is 10.6. The van der Waals surface area contributed by atoms with E-state index < -0.39 is 5.97 Å². The maximum atomic E-state index is 11.4. The van der Waals surface area contributed by atoms with Crippen molar-refractivity contribution in [3.05, 3.63) is 38.7 Å². The summed E-state index contributed by atoms with van der Waals surface area (Å²) >= 11 is 4.73. The number of thiazole rings is 1. The molecule has 0 radical (unpaired) electrons. The third-order valence-corrected chi connectivity index (χ3v) is 3.58. The van der Waals surface area contributed by atoms with Crippen LogP contribution in [0, 0.1) is 0 Å². The third-order valence-electron chi connectivity index (χ3n) is 2.13. The van der Waals surface area contributed by atoms with Crippen LogP contribution in [0.3, 0.4) is 0 Å². The molecule has 0 unspecified atom stereocenters. The van der Waals surface area contributed by atoms with Crippen molar-refractivity contribution in [3.63, 3.8) is 0 Å². The van der Waals surface area contributed by atoms with Crippen LogP contribution in [0.4, 0.5) is 5.82 Å². The summed E-state index contributed by atoms with van der Waals surface area (Å²) in [6.45, 7) is 4.00. The maximum Gasteiger partial charge on any atom is 0.356 e. The third kappa shape index (κ3) is 4.68. The molecule has 0 saturated heterocycles. The number of esters is 1. The summed E-state index contributed by atoms with van der Waals surface area (Å²) < 4.78 is 6.99. The molecule has 0 amide bonds. The number of ether oxygens (including phenoxy) is 1. The molecule has 0 aliphatic rings. The average molecular weight is 374 g/mol. The highest BCUT2D eigenvalue weighted by Gasteiger charge is 2.07. The second kappa shape index (κ2) is 8.58. The molecule has 0 spiro atoms. The van der Waals surface area contributed by atoms with Crippen molar-refractivity contribution in [2.45, 2.75) is 13.8 Å². The molecule has 6 nitrogen and oxygen atoms in total. The lowest BCUT2D eigenvalue weighted by molar-refractivity contribution is 0.0594. The average Bonchev–Trinajstić information content (AvgIpc) is 2.88. The molecule has 0 saturated carbocycles. The summed E-state index contributed by atoms with van der Waals surface area (Å²) in [6, 6.07) is 4.96. The number of nitrogens with zero attached hydrogens (tertiary/aromatic N) is 3. The molecule has 21 heavy (non-hydrogen) atoms. The number of pyridine rings is 1. The van der Waals surface area contributed by atoms with Crippen molar-refractivity contribution >= 4 is 39.1 Å². The highest BCUT2D eigenvalue weighted by atomic mass is 79.9. The summed E-state index contributed by atoms with van der Waals surface area (Å²) in [5, 5.41) is 0. The molecule has 2 aromatic heterocycles. The fourth-order valence-corrected chi connectivity index (χ4v) is 2.61. The van der Waals surface area contributed by atoms with Crippen LogP contribution >= 0.6 is 27.3 Å². The lowest BCUT2D eigenvalue weighted by atomic mass is 10.3. The number of halogens is 1. The molecule has 2 aromatic rings. The fourth-order valence-electron chi connectivity index (χ4n) is 1.31. The summed E-state index contributed by atoms with van der Waals surface area (Å²) in [4.78, 5) is 25.5. The van der Waals surface area contributed by atoms with Gasteiger partial charge in [0.05, 0.1) is 17.1 Å². The Morgan fingerprint density at radius 1 is 1.38 bits per heavy atom. The SMILES string of the molecule is CC.COC(=O)c1cccc(/N=c2\sc(Br)cn2OC)n1. The lowest BCUT2D eigenvalue weighted by Gasteiger charge is -2.00. The van der Waals surface area contributed by atoms with Gasteiger partial charge in [-0.3, -0.25) is 0 Å². The van der Waals surface area contributed by atoms with Crippen LogP contribution in [0.15, 0.2) is 33.2 Å². The van der Waals surface area contributed by atoms with Crippen molar-refractivity contribution in [2.24, 2.45) is 4.99 Å². The predicted molar refractivity (Wildman–Crippen MR) is 84.7 cm³/mol. The zero-order valence-corrected chi connectivity index (χ0v) is 14.6. The number of hydrogen-bond acceptors (Lipinski definition) is 6. The van der Waals surface area contributed by atoms with E-state index >= 15 is 0 Å². The van der Waals surface area contributed by atoms with Gasteiger partial charge in [-0.15, -0.1) is 0 Å². The van der Waals surface area contributed by atoms with E-state index in [1.165, 1.54) is 30.3 Å². The molecule has 0 atom stereocenters. The topological polar surface area (TPSA) is 65.7 Å². The first-order chi connectivity index (χ1) is 10.1. The Bertz CT molecular complexity index is 667. The van der Waals surface area contributed by atoms with Gasteiger partial charge in [-0.2, -0.15) is 9.72 Å². The Kier molecular flexibility index (Phi) is 7.10. The molecular formula is C13H16BrN3O3S. The lowest BCUT2D eigenvalue weighted by Crippen LogP contribution is -2.19. The van der Waals surface area contributed by atoms with Crippen molar-refractivity contribution in [1.29, 1.82) is 0 Å². The molecule has 0 aliphatic carbocycles. The first-order valence-electron chi connectivity index (χ1n) is 6.16. The quantitative estimate of drug-likeness (QED) is 0.775. The summed E-state index contributed by atoms with van der Waals surface area (Å²) in [5.41, 5.74) is 0.211. The summed E-state index contributed by atoms with van der Waals surface area (Å²) in [6.07, 6.45) is 1.74. The van der Waals surface area contributed by atoms with Crippen molar-refractivity contribution in [1.82, 2.24) is 9.71 Å². The monoisotopic (exact) mass is 373 g/mol. The van der Waals surface area contributed by atoms with Crippen LogP contribution in [0.5, 0.6) is 0 Å². The van der Waals surface area contributed by atoms with Crippen molar-refractivity contribution in [3.8, 4) is 0 Å². The number of hydrogen-bond donors (Lipinski definition) is 0. The second-order valence-electron chi connectivity index (χ2n) is 3.31. The minimum absolute atomic E-state index is 0.211. The van der Waals surface area contributed by atoms with Gasteiger partial charge in [0.15, 0.2) is 11.5 Å². The molecule has 8 heteroatoms. The highest BCUT2D eigenvalue weighted by molar-refractivity contribution is 9.11. The predicted octanol–water partition coefficient (Wildman–Crippen LogP) is 2.81. The van der Waals surface area contributed by atoms with Crippen LogP contribution in [0.2, 0.25) is 0 Å². The Balaban J connectivity index is 0.00000106. The van der Waals surface area contributed by atoms with E-state index in [2.05, 4.69) is 30.6 Å². The zero-order valence-electron chi connectivity index (χ0n) is 12.2. The van der Waals surface area contributed by atoms with Crippen LogP contribution < -0.4 is 9.64 Å². The van der Waals surface area contributed by atoms with E-state index in [1.54, 1.807) is 24.4 Å². The standard InChI is InChI=1S/C11H10BrN3O3S.C2H6/c1-17-10(16)7-4-3-5-9(13-7)14-11-15(18-2)6-8(12)19-11;1-2/h3-6H,1-2H3;1-2H3/b14-11-;. The fraction of sp³-hybridized carbons (Fsp3) is 0.308. The van der Waals surface area contributed by atoms with E-state index in [-0.39, 0.29) is 5.69 Å². The van der Waals surface area contributed by atoms with Gasteiger partial charge in [0.1, 0.15) is 7.11 Å². The number of aromatic nitrogens is 2. The van der Waals surface area contributed by atoms with Crippen LogP contribution in [0.1, 0.15) is 24.3 Å². The summed E-state index contributed by atoms with van der Waals surface area (Å²) in [5.74, 6) is -0.0907. The van der Waals surface area contributed by atoms with Gasteiger partial charge in [0.2, 0.25) is 4.80 Å². The molecule has 2 rings (SSSR count). The minimum atomic E-state index is -0.496. The van der Waals surface area contributed by atoms with Gasteiger partial charge < -0.3 is 9.57 Å². The number of methoxy groups -OCH3 is 1. The van der Waals surface area contributed by atoms with E-state index in [1.807, 2.05) is 13.8 Å². The Labute approximate surface area is 135 Å². The minimum Gasteiger partial charge on any atom is -0.464 e. The molecule has 114 valence electrons. The summed E-state index contributed by atoms with van der Waals surface area (Å²) in [7, 11) is 2.85. The zero-order chi connectivity index (χ0) is 15.8. The van der Waals surface area contributed by atoms with E-state index in [0.29, 0.717) is 10.6 Å². The van der Waals surface area contributed by atoms with Gasteiger partial charge in [-0.05, 0) is 28.1 Å². The van der Waals surface area contributed by atoms with E-state index in [4.69, 9.17) is 4.84 Å². The number of rotatable bonds is 3. The van der Waals surface area contributed by atoms with E-state index in [0.717, 1.165) is 3.79 Å². The number of carbonyl (C=O) groups excluding carboxylic acids is 1. The molecule has 2 heterocycles. The highest BCUT2D eigenvalue weighted by Crippen LogP contribution is 2.13. The Morgan fingerprint density at radius 2 is 2.10 bits per heavy atom. The van der Waals surface area contributed by atoms with Crippen LogP contribution in [-0.4, -0.2) is 29.9 Å². The molecule has 0 aliphatic heterocycles. The first-order valence-corrected chi connectivity index (χ1v) is 7.77. The van der Waals surface area contributed by atoms with E-state index in [9.17, 15) is 4.79 Å². The largest absolute Gasteiger partial charge is 0.464 e. The first kappa shape index (κ1) is 17.4. The van der Waals surface area contributed by atoms with Crippen LogP contribution in [-0.2, 0) is 4.74 Å². The smallest absolute Gasteiger partial charge is 0.356 e. The van der Waals surface area contributed by atoms with Gasteiger partial charge >= 0.3 is 5.97 Å². The van der Waals surface area contributed by atoms with Gasteiger partial charge in [0.25, 0.3) is 0 Å². The second-order valence-corrected chi connectivity index (χ2v) is 5.70. The molecule has 0 aromatic carbocycles. The van der Waals surface area contributed by atoms with Crippen molar-refractivity contribution in [2.75, 3.05) is 14.2 Å². The number of carbonyl (C=O) groups is 1. The Morgan fingerprint density at radius 3 is 2.71 bits per heavy atom. The molecular weight excluding hydrogens is 358 g/mol. The van der Waals surface area contributed by atoms with Gasteiger partial charge in [-0.1, -0.05) is 31.3 Å². The molecule has 0 bridgehead atoms. The van der Waals surface area contributed by atoms with Crippen LogP contribution in [0.25, 0.3) is 0 Å². The van der Waals surface area contributed by atoms with Gasteiger partial charge in [-0.25, -0.2) is 9.78 Å². The van der Waals surface area contributed by atoms with Crippen molar-refractivity contribution < 1.29 is 14.4 Å². The molecule has 0 N–H and O–H groups in total. The molecule has 0 fully saturated rings. The van der Waals surface area contributed by atoms with Gasteiger partial charge in [0, 0.05) is 0 Å². The Hall–Kier alpha value is -1.67. The maximum absolute atomic E-state index is 11.4.